The van der Waals surface area contributed by atoms with Gasteiger partial charge in [0.2, 0.25) is 0 Å². The van der Waals surface area contributed by atoms with Gasteiger partial charge in [-0.1, -0.05) is 20.8 Å². The number of carbonyl (C=O) groups is 1. The van der Waals surface area contributed by atoms with E-state index in [4.69, 9.17) is 0 Å². The number of hydrogen-bond acceptors (Lipinski definition) is 5. The van der Waals surface area contributed by atoms with Gasteiger partial charge in [0, 0.05) is 12.5 Å². The van der Waals surface area contributed by atoms with Crippen LogP contribution >= 0.6 is 0 Å². The SMILES string of the molecule is Cn1nc(C(C)(C)C)cc1C(=O)NC1CS(=O)(=O)CC1O. The number of amides is 1. The summed E-state index contributed by atoms with van der Waals surface area (Å²) in [6.45, 7) is 5.97. The average molecular weight is 315 g/mol. The molecule has 0 radical (unpaired) electrons. The van der Waals surface area contributed by atoms with E-state index in [1.165, 1.54) is 4.68 Å². The van der Waals surface area contributed by atoms with Crippen molar-refractivity contribution in [1.29, 1.82) is 0 Å². The molecule has 0 bridgehead atoms. The van der Waals surface area contributed by atoms with Crippen LogP contribution in [-0.2, 0) is 22.3 Å². The van der Waals surface area contributed by atoms with Gasteiger partial charge < -0.3 is 10.4 Å². The lowest BCUT2D eigenvalue weighted by Gasteiger charge is -2.14. The Hall–Kier alpha value is -1.41. The van der Waals surface area contributed by atoms with Gasteiger partial charge in [-0.25, -0.2) is 8.42 Å². The zero-order chi connectivity index (χ0) is 16.0. The first-order valence-electron chi connectivity index (χ1n) is 6.73. The van der Waals surface area contributed by atoms with Crippen LogP contribution in [0, 0.1) is 0 Å². The number of hydrogen-bond donors (Lipinski definition) is 2. The van der Waals surface area contributed by atoms with Gasteiger partial charge in [0.15, 0.2) is 9.84 Å². The fourth-order valence-corrected chi connectivity index (χ4v) is 4.00. The standard InChI is InChI=1S/C13H21N3O4S/c1-13(2,3)11-5-9(16(4)15-11)12(18)14-8-6-21(19,20)7-10(8)17/h5,8,10,17H,6-7H2,1-4H3,(H,14,18). The lowest BCUT2D eigenvalue weighted by atomic mass is 9.92. The van der Waals surface area contributed by atoms with E-state index in [9.17, 15) is 18.3 Å². The van der Waals surface area contributed by atoms with Crippen molar-refractivity contribution in [2.24, 2.45) is 7.05 Å². The normalized spacial score (nSPS) is 25.0. The summed E-state index contributed by atoms with van der Waals surface area (Å²) in [6, 6.07) is 0.918. The van der Waals surface area contributed by atoms with E-state index >= 15 is 0 Å². The van der Waals surface area contributed by atoms with E-state index in [1.807, 2.05) is 20.8 Å². The van der Waals surface area contributed by atoms with Crippen molar-refractivity contribution in [3.05, 3.63) is 17.5 Å². The smallest absolute Gasteiger partial charge is 0.269 e. The molecule has 1 amide bonds. The second-order valence-corrected chi connectivity index (χ2v) is 8.67. The predicted molar refractivity (Wildman–Crippen MR) is 77.8 cm³/mol. The van der Waals surface area contributed by atoms with Gasteiger partial charge in [-0.3, -0.25) is 9.48 Å². The lowest BCUT2D eigenvalue weighted by molar-refractivity contribution is 0.0879. The van der Waals surface area contributed by atoms with Crippen LogP contribution in [0.3, 0.4) is 0 Å². The molecule has 2 N–H and O–H groups in total. The van der Waals surface area contributed by atoms with E-state index < -0.39 is 27.9 Å². The molecule has 1 saturated heterocycles. The number of nitrogens with zero attached hydrogens (tertiary/aromatic N) is 2. The monoisotopic (exact) mass is 315 g/mol. The molecule has 0 saturated carbocycles. The minimum absolute atomic E-state index is 0.188. The molecule has 21 heavy (non-hydrogen) atoms. The summed E-state index contributed by atoms with van der Waals surface area (Å²) in [6.07, 6.45) is -1.06. The quantitative estimate of drug-likeness (QED) is 0.774. The molecule has 1 fully saturated rings. The van der Waals surface area contributed by atoms with Crippen molar-refractivity contribution in [3.63, 3.8) is 0 Å². The van der Waals surface area contributed by atoms with E-state index in [0.29, 0.717) is 5.69 Å². The number of sulfone groups is 1. The molecule has 1 aliphatic rings. The van der Waals surface area contributed by atoms with Gasteiger partial charge in [0.05, 0.1) is 29.3 Å². The highest BCUT2D eigenvalue weighted by atomic mass is 32.2. The number of rotatable bonds is 2. The van der Waals surface area contributed by atoms with E-state index in [1.54, 1.807) is 13.1 Å². The van der Waals surface area contributed by atoms with Crippen LogP contribution in [0.1, 0.15) is 37.0 Å². The minimum Gasteiger partial charge on any atom is -0.390 e. The number of carbonyl (C=O) groups excluding carboxylic acids is 1. The number of aromatic nitrogens is 2. The van der Waals surface area contributed by atoms with Crippen molar-refractivity contribution >= 4 is 15.7 Å². The predicted octanol–water partition coefficient (Wildman–Crippen LogP) is -0.395. The van der Waals surface area contributed by atoms with Crippen molar-refractivity contribution in [1.82, 2.24) is 15.1 Å². The number of nitrogens with one attached hydrogen (secondary N) is 1. The molecule has 2 unspecified atom stereocenters. The molecule has 1 aromatic rings. The molecule has 0 aromatic carbocycles. The van der Waals surface area contributed by atoms with Crippen LogP contribution in [0.5, 0.6) is 0 Å². The van der Waals surface area contributed by atoms with Gasteiger partial charge in [0.25, 0.3) is 5.91 Å². The summed E-state index contributed by atoms with van der Waals surface area (Å²) < 4.78 is 24.4. The molecule has 8 heteroatoms. The molecule has 0 aliphatic carbocycles. The highest BCUT2D eigenvalue weighted by molar-refractivity contribution is 7.91. The summed E-state index contributed by atoms with van der Waals surface area (Å²) in [5, 5.41) is 16.6. The first kappa shape index (κ1) is 16.0. The maximum absolute atomic E-state index is 12.2. The van der Waals surface area contributed by atoms with Crippen molar-refractivity contribution in [3.8, 4) is 0 Å². The zero-order valence-electron chi connectivity index (χ0n) is 12.6. The van der Waals surface area contributed by atoms with E-state index in [2.05, 4.69) is 10.4 Å². The van der Waals surface area contributed by atoms with Crippen LogP contribution in [0.15, 0.2) is 6.07 Å². The molecule has 0 spiro atoms. The minimum atomic E-state index is -3.29. The van der Waals surface area contributed by atoms with E-state index in [-0.39, 0.29) is 16.9 Å². The van der Waals surface area contributed by atoms with Crippen LogP contribution in [0.2, 0.25) is 0 Å². The summed E-state index contributed by atoms with van der Waals surface area (Å²) in [5.41, 5.74) is 0.929. The van der Waals surface area contributed by atoms with Crippen LogP contribution in [-0.4, -0.2) is 52.9 Å². The van der Waals surface area contributed by atoms with Crippen molar-refractivity contribution in [2.75, 3.05) is 11.5 Å². The van der Waals surface area contributed by atoms with Crippen LogP contribution in [0.25, 0.3) is 0 Å². The second kappa shape index (κ2) is 5.10. The maximum Gasteiger partial charge on any atom is 0.269 e. The molecule has 7 nitrogen and oxygen atoms in total. The highest BCUT2D eigenvalue weighted by Gasteiger charge is 2.37. The third-order valence-electron chi connectivity index (χ3n) is 3.52. The van der Waals surface area contributed by atoms with Gasteiger partial charge in [0.1, 0.15) is 5.69 Å². The highest BCUT2D eigenvalue weighted by Crippen LogP contribution is 2.21. The van der Waals surface area contributed by atoms with Gasteiger partial charge in [-0.15, -0.1) is 0 Å². The number of aliphatic hydroxyl groups is 1. The number of aliphatic hydroxyl groups excluding tert-OH is 1. The Morgan fingerprint density at radius 2 is 2.05 bits per heavy atom. The first-order chi connectivity index (χ1) is 9.49. The van der Waals surface area contributed by atoms with Crippen molar-refractivity contribution in [2.45, 2.75) is 38.3 Å². The zero-order valence-corrected chi connectivity index (χ0v) is 13.4. The Bertz CT molecular complexity index is 657. The Kier molecular flexibility index (Phi) is 3.88. The summed E-state index contributed by atoms with van der Waals surface area (Å²) in [5.74, 6) is -0.970. The van der Waals surface area contributed by atoms with Gasteiger partial charge in [-0.05, 0) is 6.07 Å². The topological polar surface area (TPSA) is 101 Å². The number of aryl methyl sites for hydroxylation is 1. The lowest BCUT2D eigenvalue weighted by Crippen LogP contribution is -2.43. The molecule has 2 rings (SSSR count). The Morgan fingerprint density at radius 3 is 2.48 bits per heavy atom. The van der Waals surface area contributed by atoms with Crippen LogP contribution in [0.4, 0.5) is 0 Å². The average Bonchev–Trinajstić information content (AvgIpc) is 2.79. The summed E-state index contributed by atoms with van der Waals surface area (Å²) in [7, 11) is -1.63. The fraction of sp³-hybridized carbons (Fsp3) is 0.692. The third kappa shape index (κ3) is 3.44. The molecule has 1 aliphatic heterocycles. The molecule has 1 aromatic heterocycles. The molecular formula is C13H21N3O4S. The van der Waals surface area contributed by atoms with Crippen molar-refractivity contribution < 1.29 is 18.3 Å². The largest absolute Gasteiger partial charge is 0.390 e. The summed E-state index contributed by atoms with van der Waals surface area (Å²) >= 11 is 0. The fourth-order valence-electron chi connectivity index (χ4n) is 2.26. The van der Waals surface area contributed by atoms with E-state index in [0.717, 1.165) is 5.69 Å². The molecule has 2 atom stereocenters. The Labute approximate surface area is 124 Å². The first-order valence-corrected chi connectivity index (χ1v) is 8.55. The van der Waals surface area contributed by atoms with Gasteiger partial charge in [-0.2, -0.15) is 5.10 Å². The summed E-state index contributed by atoms with van der Waals surface area (Å²) in [4.78, 5) is 12.2. The third-order valence-corrected chi connectivity index (χ3v) is 5.24. The Balaban J connectivity index is 2.17. The molecule has 118 valence electrons. The van der Waals surface area contributed by atoms with Gasteiger partial charge >= 0.3 is 0 Å². The Morgan fingerprint density at radius 1 is 1.43 bits per heavy atom. The molecule has 2 heterocycles. The second-order valence-electron chi connectivity index (χ2n) is 6.51. The van der Waals surface area contributed by atoms with Crippen LogP contribution < -0.4 is 5.32 Å². The maximum atomic E-state index is 12.2. The molecular weight excluding hydrogens is 294 g/mol.